The van der Waals surface area contributed by atoms with Crippen LogP contribution >= 0.6 is 27.3 Å². The number of aryl methyl sites for hydroxylation is 2. The first kappa shape index (κ1) is 21.0. The first-order valence-corrected chi connectivity index (χ1v) is 11.4. The predicted molar refractivity (Wildman–Crippen MR) is 117 cm³/mol. The van der Waals surface area contributed by atoms with Crippen molar-refractivity contribution in [1.82, 2.24) is 9.13 Å². The molecule has 2 aromatic heterocycles. The third-order valence-electron chi connectivity index (χ3n) is 5.25. The normalized spacial score (nSPS) is 13.4. The molecule has 0 atom stereocenters. The maximum Gasteiger partial charge on any atom is 0.332 e. The van der Waals surface area contributed by atoms with Crippen LogP contribution in [0.2, 0.25) is 0 Å². The van der Waals surface area contributed by atoms with Crippen molar-refractivity contribution in [1.29, 1.82) is 0 Å². The molecular weight excluding hydrogens is 475 g/mol. The number of ether oxygens (including phenoxy) is 1. The number of aromatic nitrogens is 2. The van der Waals surface area contributed by atoms with Crippen LogP contribution in [0.25, 0.3) is 10.2 Å². The second kappa shape index (κ2) is 8.47. The molecule has 0 amide bonds. The predicted octanol–water partition coefficient (Wildman–Crippen LogP) is 3.62. The van der Waals surface area contributed by atoms with E-state index in [1.54, 1.807) is 13.0 Å². The van der Waals surface area contributed by atoms with Crippen LogP contribution in [-0.4, -0.2) is 21.7 Å². The molecule has 0 aliphatic heterocycles. The van der Waals surface area contributed by atoms with Crippen molar-refractivity contribution in [2.75, 3.05) is 6.61 Å². The summed E-state index contributed by atoms with van der Waals surface area (Å²) in [7, 11) is 0. The molecule has 2 heterocycles. The van der Waals surface area contributed by atoms with Gasteiger partial charge in [-0.25, -0.2) is 9.18 Å². The fraction of sp³-hybridized carbons (Fsp3) is 0.381. The molecule has 0 unspecified atom stereocenters. The number of thiophene rings is 1. The van der Waals surface area contributed by atoms with E-state index < -0.39 is 23.0 Å². The molecule has 0 radical (unpaired) electrons. The molecule has 6 nitrogen and oxygen atoms in total. The Labute approximate surface area is 184 Å². The number of nitrogens with zero attached hydrogens (tertiary/aromatic N) is 2. The number of carbonyl (C=O) groups excluding carboxylic acids is 1. The number of carbonyl (C=O) groups is 1. The molecule has 3 aromatic rings. The topological polar surface area (TPSA) is 70.3 Å². The van der Waals surface area contributed by atoms with Crippen LogP contribution in [0.4, 0.5) is 4.39 Å². The van der Waals surface area contributed by atoms with E-state index in [1.165, 1.54) is 28.0 Å². The van der Waals surface area contributed by atoms with Crippen molar-refractivity contribution < 1.29 is 13.9 Å². The molecule has 158 valence electrons. The second-order valence-electron chi connectivity index (χ2n) is 7.19. The van der Waals surface area contributed by atoms with E-state index in [1.807, 2.05) is 0 Å². The van der Waals surface area contributed by atoms with Gasteiger partial charge in [-0.3, -0.25) is 18.7 Å². The summed E-state index contributed by atoms with van der Waals surface area (Å²) < 4.78 is 22.3. The highest BCUT2D eigenvalue weighted by atomic mass is 79.9. The number of rotatable bonds is 5. The van der Waals surface area contributed by atoms with Crippen LogP contribution in [0.1, 0.15) is 35.8 Å². The lowest BCUT2D eigenvalue weighted by molar-refractivity contribution is -0.143. The Morgan fingerprint density at radius 3 is 2.73 bits per heavy atom. The Bertz CT molecular complexity index is 1260. The van der Waals surface area contributed by atoms with Crippen molar-refractivity contribution >= 4 is 43.5 Å². The minimum Gasteiger partial charge on any atom is -0.465 e. The van der Waals surface area contributed by atoms with Crippen LogP contribution < -0.4 is 11.2 Å². The summed E-state index contributed by atoms with van der Waals surface area (Å²) in [5.74, 6) is -1.06. The van der Waals surface area contributed by atoms with Gasteiger partial charge in [-0.1, -0.05) is 22.0 Å². The lowest BCUT2D eigenvalue weighted by atomic mass is 9.97. The lowest BCUT2D eigenvalue weighted by Gasteiger charge is -2.13. The maximum absolute atomic E-state index is 14.4. The zero-order chi connectivity index (χ0) is 21.4. The SMILES string of the molecule is CCOC(=O)Cn1c(=O)n(Cc2ccc(Br)cc2F)c(=O)c2c3c(sc21)CCCC3. The van der Waals surface area contributed by atoms with Gasteiger partial charge in [0.1, 0.15) is 17.2 Å². The van der Waals surface area contributed by atoms with Crippen molar-refractivity contribution in [3.8, 4) is 0 Å². The summed E-state index contributed by atoms with van der Waals surface area (Å²) in [5, 5.41) is 0.469. The van der Waals surface area contributed by atoms with Gasteiger partial charge < -0.3 is 4.74 Å². The molecule has 4 rings (SSSR count). The van der Waals surface area contributed by atoms with Crippen molar-refractivity contribution in [3.05, 3.63) is 65.3 Å². The molecule has 9 heteroatoms. The van der Waals surface area contributed by atoms with Crippen molar-refractivity contribution in [3.63, 3.8) is 0 Å². The highest BCUT2D eigenvalue weighted by Gasteiger charge is 2.25. The molecule has 0 N–H and O–H groups in total. The third-order valence-corrected chi connectivity index (χ3v) is 7.06. The first-order chi connectivity index (χ1) is 14.4. The molecule has 0 bridgehead atoms. The number of esters is 1. The van der Waals surface area contributed by atoms with Crippen LogP contribution in [0.3, 0.4) is 0 Å². The molecule has 1 aliphatic carbocycles. The molecule has 0 saturated carbocycles. The smallest absolute Gasteiger partial charge is 0.332 e. The second-order valence-corrected chi connectivity index (χ2v) is 9.19. The average Bonchev–Trinajstić information content (AvgIpc) is 3.10. The van der Waals surface area contributed by atoms with Gasteiger partial charge in [0.15, 0.2) is 0 Å². The summed E-state index contributed by atoms with van der Waals surface area (Å²) in [6, 6.07) is 4.49. The van der Waals surface area contributed by atoms with Crippen LogP contribution in [0, 0.1) is 5.82 Å². The quantitative estimate of drug-likeness (QED) is 0.508. The largest absolute Gasteiger partial charge is 0.465 e. The van der Waals surface area contributed by atoms with E-state index in [0.717, 1.165) is 40.7 Å². The van der Waals surface area contributed by atoms with Crippen LogP contribution in [-0.2, 0) is 35.5 Å². The maximum atomic E-state index is 14.4. The number of benzene rings is 1. The fourth-order valence-electron chi connectivity index (χ4n) is 3.85. The number of hydrogen-bond acceptors (Lipinski definition) is 5. The molecular formula is C21H20BrFN2O4S. The van der Waals surface area contributed by atoms with Gasteiger partial charge in [-0.2, -0.15) is 0 Å². The van der Waals surface area contributed by atoms with E-state index in [9.17, 15) is 18.8 Å². The van der Waals surface area contributed by atoms with Gasteiger partial charge >= 0.3 is 11.7 Å². The van der Waals surface area contributed by atoms with Gasteiger partial charge in [-0.05, 0) is 50.3 Å². The van der Waals surface area contributed by atoms with E-state index in [-0.39, 0.29) is 25.3 Å². The minimum atomic E-state index is -0.638. The molecule has 0 saturated heterocycles. The van der Waals surface area contributed by atoms with Gasteiger partial charge in [0, 0.05) is 14.9 Å². The number of hydrogen-bond donors (Lipinski definition) is 0. The highest BCUT2D eigenvalue weighted by Crippen LogP contribution is 2.34. The zero-order valence-electron chi connectivity index (χ0n) is 16.4. The summed E-state index contributed by atoms with van der Waals surface area (Å²) in [6.07, 6.45) is 3.61. The zero-order valence-corrected chi connectivity index (χ0v) is 18.8. The highest BCUT2D eigenvalue weighted by molar-refractivity contribution is 9.10. The third kappa shape index (κ3) is 3.76. The van der Waals surface area contributed by atoms with E-state index in [2.05, 4.69) is 15.9 Å². The Morgan fingerprint density at radius 1 is 1.23 bits per heavy atom. The molecule has 0 fully saturated rings. The van der Waals surface area contributed by atoms with E-state index in [0.29, 0.717) is 14.7 Å². The Balaban J connectivity index is 1.94. The minimum absolute atomic E-state index is 0.196. The van der Waals surface area contributed by atoms with Gasteiger partial charge in [0.25, 0.3) is 5.56 Å². The summed E-state index contributed by atoms with van der Waals surface area (Å²) in [6.45, 7) is 1.39. The first-order valence-electron chi connectivity index (χ1n) is 9.78. The van der Waals surface area contributed by atoms with E-state index >= 15 is 0 Å². The fourth-order valence-corrected chi connectivity index (χ4v) is 5.56. The Kier molecular flexibility index (Phi) is 5.92. The van der Waals surface area contributed by atoms with Gasteiger partial charge in [0.05, 0.1) is 18.5 Å². The molecule has 1 aromatic carbocycles. The van der Waals surface area contributed by atoms with Crippen LogP contribution in [0.5, 0.6) is 0 Å². The van der Waals surface area contributed by atoms with Crippen LogP contribution in [0.15, 0.2) is 32.3 Å². The van der Waals surface area contributed by atoms with Gasteiger partial charge in [0.2, 0.25) is 0 Å². The average molecular weight is 495 g/mol. The molecule has 1 aliphatic rings. The Morgan fingerprint density at radius 2 is 2.00 bits per heavy atom. The van der Waals surface area contributed by atoms with Gasteiger partial charge in [-0.15, -0.1) is 11.3 Å². The molecule has 30 heavy (non-hydrogen) atoms. The van der Waals surface area contributed by atoms with Crippen molar-refractivity contribution in [2.24, 2.45) is 0 Å². The summed E-state index contributed by atoms with van der Waals surface area (Å²) in [4.78, 5) is 40.3. The lowest BCUT2D eigenvalue weighted by Crippen LogP contribution is -2.41. The van der Waals surface area contributed by atoms with Crippen molar-refractivity contribution in [2.45, 2.75) is 45.7 Å². The Hall–Kier alpha value is -2.26. The summed E-state index contributed by atoms with van der Waals surface area (Å²) >= 11 is 4.60. The number of halogens is 2. The standard InChI is InChI=1S/C21H20BrFN2O4S/c1-2-29-17(26)11-25-20-18(14-5-3-4-6-16(14)30-20)19(27)24(21(25)28)10-12-7-8-13(22)9-15(12)23/h7-9H,2-6,10-11H2,1H3. The summed E-state index contributed by atoms with van der Waals surface area (Å²) in [5.41, 5.74) is 0.107. The molecule has 0 spiro atoms. The number of fused-ring (bicyclic) bond motifs is 3. The monoisotopic (exact) mass is 494 g/mol. The van der Waals surface area contributed by atoms with E-state index in [4.69, 9.17) is 4.74 Å².